The predicted molar refractivity (Wildman–Crippen MR) is 79.0 cm³/mol. The molecule has 1 aliphatic carbocycles. The number of carbonyl (C=O) groups excluding carboxylic acids is 1. The van der Waals surface area contributed by atoms with Gasteiger partial charge in [-0.1, -0.05) is 18.2 Å². The second kappa shape index (κ2) is 6.43. The first-order valence-electron chi connectivity index (χ1n) is 7.29. The number of aryl methyl sites for hydroxylation is 1. The molecule has 0 spiro atoms. The van der Waals surface area contributed by atoms with Crippen molar-refractivity contribution in [2.75, 3.05) is 13.2 Å². The topological polar surface area (TPSA) is 67.0 Å². The molecular weight excluding hydrogens is 266 g/mol. The number of imidazole rings is 1. The summed E-state index contributed by atoms with van der Waals surface area (Å²) in [4.78, 5) is 19.5. The van der Waals surface area contributed by atoms with Crippen molar-refractivity contribution in [2.45, 2.75) is 19.3 Å². The summed E-state index contributed by atoms with van der Waals surface area (Å²) in [6, 6.07) is 9.61. The zero-order chi connectivity index (χ0) is 14.5. The second-order valence-electron chi connectivity index (χ2n) is 5.22. The monoisotopic (exact) mass is 285 g/mol. The number of benzene rings is 1. The van der Waals surface area contributed by atoms with E-state index in [1.807, 2.05) is 30.3 Å². The van der Waals surface area contributed by atoms with Crippen molar-refractivity contribution in [3.05, 3.63) is 48.0 Å². The van der Waals surface area contributed by atoms with Gasteiger partial charge in [0.2, 0.25) is 5.91 Å². The lowest BCUT2D eigenvalue weighted by Crippen LogP contribution is -2.36. The summed E-state index contributed by atoms with van der Waals surface area (Å²) in [5.74, 6) is 0.966. The van der Waals surface area contributed by atoms with E-state index >= 15 is 0 Å². The number of fused-ring (bicyclic) bond motifs is 1. The van der Waals surface area contributed by atoms with Gasteiger partial charge < -0.3 is 15.0 Å². The highest BCUT2D eigenvalue weighted by atomic mass is 16.5. The van der Waals surface area contributed by atoms with Gasteiger partial charge in [-0.15, -0.1) is 0 Å². The summed E-state index contributed by atoms with van der Waals surface area (Å²) in [6.07, 6.45) is 4.19. The van der Waals surface area contributed by atoms with Crippen molar-refractivity contribution < 1.29 is 9.53 Å². The third-order valence-corrected chi connectivity index (χ3v) is 3.77. The van der Waals surface area contributed by atoms with Crippen LogP contribution < -0.4 is 10.1 Å². The zero-order valence-electron chi connectivity index (χ0n) is 11.8. The molecule has 21 heavy (non-hydrogen) atoms. The number of nitrogens with zero attached hydrogens (tertiary/aromatic N) is 1. The molecule has 5 heteroatoms. The fraction of sp³-hybridized carbons (Fsp3) is 0.375. The number of amides is 1. The fourth-order valence-electron chi connectivity index (χ4n) is 2.63. The Balaban J connectivity index is 1.41. The lowest BCUT2D eigenvalue weighted by atomic mass is 9.89. The summed E-state index contributed by atoms with van der Waals surface area (Å²) in [5, 5.41) is 2.95. The summed E-state index contributed by atoms with van der Waals surface area (Å²) < 4.78 is 5.56. The minimum atomic E-state index is 0.0367. The molecule has 5 nitrogen and oxygen atoms in total. The number of rotatable bonds is 5. The first-order valence-corrected chi connectivity index (χ1v) is 7.29. The maximum Gasteiger partial charge on any atom is 0.223 e. The van der Waals surface area contributed by atoms with E-state index in [-0.39, 0.29) is 11.8 Å². The molecule has 0 radical (unpaired) electrons. The summed E-state index contributed by atoms with van der Waals surface area (Å²) in [5.41, 5.74) is 2.20. The normalized spacial score (nSPS) is 17.0. The largest absolute Gasteiger partial charge is 0.492 e. The minimum absolute atomic E-state index is 0.0367. The number of aromatic amines is 1. The number of nitrogens with one attached hydrogen (secondary N) is 2. The predicted octanol–water partition coefficient (Wildman–Crippen LogP) is 1.71. The van der Waals surface area contributed by atoms with E-state index < -0.39 is 0 Å². The molecule has 1 aromatic carbocycles. The molecule has 1 heterocycles. The first kappa shape index (κ1) is 13.7. The molecule has 1 amide bonds. The third-order valence-electron chi connectivity index (χ3n) is 3.77. The number of carbonyl (C=O) groups is 1. The van der Waals surface area contributed by atoms with Gasteiger partial charge in [0.15, 0.2) is 0 Å². The van der Waals surface area contributed by atoms with Gasteiger partial charge in [-0.3, -0.25) is 4.79 Å². The van der Waals surface area contributed by atoms with E-state index in [0.717, 1.165) is 36.4 Å². The Hall–Kier alpha value is -2.30. The van der Waals surface area contributed by atoms with Crippen molar-refractivity contribution in [3.8, 4) is 5.75 Å². The van der Waals surface area contributed by atoms with Crippen LogP contribution in [0.3, 0.4) is 0 Å². The molecule has 0 saturated heterocycles. The lowest BCUT2D eigenvalue weighted by Gasteiger charge is -2.20. The van der Waals surface area contributed by atoms with Gasteiger partial charge in [-0.05, 0) is 25.0 Å². The molecule has 2 N–H and O–H groups in total. The molecular formula is C16H19N3O2. The fourth-order valence-corrected chi connectivity index (χ4v) is 2.63. The van der Waals surface area contributed by atoms with Crippen molar-refractivity contribution in [1.82, 2.24) is 15.3 Å². The lowest BCUT2D eigenvalue weighted by molar-refractivity contribution is -0.125. The number of H-pyrrole nitrogens is 1. The van der Waals surface area contributed by atoms with E-state index in [4.69, 9.17) is 4.74 Å². The van der Waals surface area contributed by atoms with Gasteiger partial charge >= 0.3 is 0 Å². The van der Waals surface area contributed by atoms with E-state index in [0.29, 0.717) is 13.2 Å². The highest BCUT2D eigenvalue weighted by Crippen LogP contribution is 2.22. The van der Waals surface area contributed by atoms with E-state index in [1.165, 1.54) is 0 Å². The highest BCUT2D eigenvalue weighted by molar-refractivity contribution is 5.79. The molecule has 1 aromatic heterocycles. The van der Waals surface area contributed by atoms with Crippen LogP contribution in [0.4, 0.5) is 0 Å². The third kappa shape index (κ3) is 3.42. The number of ether oxygens (including phenoxy) is 1. The van der Waals surface area contributed by atoms with Crippen LogP contribution in [0.2, 0.25) is 0 Å². The molecule has 0 bridgehead atoms. The minimum Gasteiger partial charge on any atom is -0.492 e. The number of hydrogen-bond acceptors (Lipinski definition) is 3. The quantitative estimate of drug-likeness (QED) is 0.822. The van der Waals surface area contributed by atoms with Crippen LogP contribution in [0.5, 0.6) is 5.75 Å². The van der Waals surface area contributed by atoms with Crippen LogP contribution in [0, 0.1) is 5.92 Å². The maximum atomic E-state index is 12.1. The van der Waals surface area contributed by atoms with Crippen molar-refractivity contribution >= 4 is 5.91 Å². The molecule has 0 fully saturated rings. The van der Waals surface area contributed by atoms with E-state index in [1.54, 1.807) is 6.33 Å². The number of aromatic nitrogens is 2. The average Bonchev–Trinajstić information content (AvgIpc) is 3.00. The van der Waals surface area contributed by atoms with E-state index in [9.17, 15) is 4.79 Å². The first-order chi connectivity index (χ1) is 10.3. The van der Waals surface area contributed by atoms with Crippen LogP contribution >= 0.6 is 0 Å². The van der Waals surface area contributed by atoms with Crippen molar-refractivity contribution in [1.29, 1.82) is 0 Å². The van der Waals surface area contributed by atoms with Crippen LogP contribution in [-0.4, -0.2) is 29.0 Å². The standard InChI is InChI=1S/C16H19N3O2/c20-16(12-6-7-14-15(10-12)19-11-18-14)17-8-9-21-13-4-2-1-3-5-13/h1-5,11-12H,6-10H2,(H,17,20)(H,18,19)/t12-/m0/s1. The second-order valence-corrected chi connectivity index (χ2v) is 5.22. The Bertz CT molecular complexity index is 595. The maximum absolute atomic E-state index is 12.1. The highest BCUT2D eigenvalue weighted by Gasteiger charge is 2.25. The van der Waals surface area contributed by atoms with Gasteiger partial charge in [0.25, 0.3) is 0 Å². The van der Waals surface area contributed by atoms with Crippen LogP contribution in [0.15, 0.2) is 36.7 Å². The summed E-state index contributed by atoms with van der Waals surface area (Å²) in [6.45, 7) is 1.01. The Morgan fingerprint density at radius 1 is 1.38 bits per heavy atom. The smallest absolute Gasteiger partial charge is 0.223 e. The SMILES string of the molecule is O=C(NCCOc1ccccc1)[C@H]1CCc2nc[nH]c2C1. The zero-order valence-corrected chi connectivity index (χ0v) is 11.8. The van der Waals surface area contributed by atoms with Gasteiger partial charge in [0.1, 0.15) is 12.4 Å². The van der Waals surface area contributed by atoms with Crippen LogP contribution in [0.1, 0.15) is 17.8 Å². The number of hydrogen-bond donors (Lipinski definition) is 2. The van der Waals surface area contributed by atoms with Crippen molar-refractivity contribution in [3.63, 3.8) is 0 Å². The molecule has 1 aliphatic rings. The van der Waals surface area contributed by atoms with Gasteiger partial charge in [0.05, 0.1) is 18.6 Å². The Kier molecular flexibility index (Phi) is 4.19. The molecule has 0 aliphatic heterocycles. The summed E-state index contributed by atoms with van der Waals surface area (Å²) in [7, 11) is 0. The van der Waals surface area contributed by atoms with Gasteiger partial charge in [-0.2, -0.15) is 0 Å². The average molecular weight is 285 g/mol. The van der Waals surface area contributed by atoms with Gasteiger partial charge in [0, 0.05) is 18.0 Å². The Morgan fingerprint density at radius 2 is 2.24 bits per heavy atom. The Labute approximate surface area is 123 Å². The Morgan fingerprint density at radius 3 is 3.10 bits per heavy atom. The molecule has 110 valence electrons. The van der Waals surface area contributed by atoms with Crippen LogP contribution in [-0.2, 0) is 17.6 Å². The molecule has 2 aromatic rings. The molecule has 3 rings (SSSR count). The summed E-state index contributed by atoms with van der Waals surface area (Å²) >= 11 is 0. The molecule has 0 unspecified atom stereocenters. The van der Waals surface area contributed by atoms with E-state index in [2.05, 4.69) is 15.3 Å². The van der Waals surface area contributed by atoms with Gasteiger partial charge in [-0.25, -0.2) is 4.98 Å². The molecule has 0 saturated carbocycles. The molecule has 1 atom stereocenters. The number of para-hydroxylation sites is 1. The van der Waals surface area contributed by atoms with Crippen molar-refractivity contribution in [2.24, 2.45) is 5.92 Å². The van der Waals surface area contributed by atoms with Crippen LogP contribution in [0.25, 0.3) is 0 Å².